The quantitative estimate of drug-likeness (QED) is 0.905. The van der Waals surface area contributed by atoms with E-state index in [0.717, 1.165) is 31.2 Å². The zero-order valence-electron chi connectivity index (χ0n) is 13.2. The van der Waals surface area contributed by atoms with Gasteiger partial charge in [0.1, 0.15) is 5.75 Å². The molecule has 0 aliphatic heterocycles. The minimum absolute atomic E-state index is 0.0184. The molecular weight excluding hydrogens is 302 g/mol. The van der Waals surface area contributed by atoms with Crippen LogP contribution in [0.25, 0.3) is 0 Å². The molecule has 5 heteroatoms. The van der Waals surface area contributed by atoms with Gasteiger partial charge in [-0.05, 0) is 30.5 Å². The van der Waals surface area contributed by atoms with Crippen molar-refractivity contribution in [2.75, 3.05) is 20.7 Å². The molecule has 0 heterocycles. The lowest BCUT2D eigenvalue weighted by Gasteiger charge is -2.31. The zero-order chi connectivity index (χ0) is 16.1. The molecule has 1 saturated carbocycles. The Labute approximate surface area is 137 Å². The molecule has 1 amide bonds. The molecule has 2 rings (SSSR count). The van der Waals surface area contributed by atoms with Crippen LogP contribution < -0.4 is 4.74 Å². The van der Waals surface area contributed by atoms with E-state index in [2.05, 4.69) is 0 Å². The summed E-state index contributed by atoms with van der Waals surface area (Å²) in [6.45, 7) is 0.605. The van der Waals surface area contributed by atoms with Crippen molar-refractivity contribution >= 4 is 17.5 Å². The smallest absolute Gasteiger partial charge is 0.226 e. The molecule has 122 valence electrons. The summed E-state index contributed by atoms with van der Waals surface area (Å²) in [4.78, 5) is 14.1. The molecule has 0 spiro atoms. The van der Waals surface area contributed by atoms with Gasteiger partial charge in [0.05, 0.1) is 19.6 Å². The summed E-state index contributed by atoms with van der Waals surface area (Å²) in [6, 6.07) is 5.34. The number of carbonyl (C=O) groups excluding carboxylic acids is 1. The number of carbonyl (C=O) groups is 1. The second-order valence-electron chi connectivity index (χ2n) is 6.02. The number of hydrogen-bond acceptors (Lipinski definition) is 3. The first-order chi connectivity index (χ1) is 10.5. The Morgan fingerprint density at radius 1 is 1.41 bits per heavy atom. The van der Waals surface area contributed by atoms with Gasteiger partial charge in [0.25, 0.3) is 0 Å². The SMILES string of the molecule is COc1ccc(CC(=O)N(C)CC2CCCCC2O)c(Cl)c1. The van der Waals surface area contributed by atoms with Gasteiger partial charge in [-0.1, -0.05) is 30.5 Å². The second-order valence-corrected chi connectivity index (χ2v) is 6.43. The van der Waals surface area contributed by atoms with Crippen LogP contribution in [0, 0.1) is 5.92 Å². The van der Waals surface area contributed by atoms with Crippen LogP contribution in [0.2, 0.25) is 5.02 Å². The number of methoxy groups -OCH3 is 1. The Bertz CT molecular complexity index is 521. The lowest BCUT2D eigenvalue weighted by Crippen LogP contribution is -2.38. The second kappa shape index (κ2) is 7.84. The molecule has 2 unspecified atom stereocenters. The van der Waals surface area contributed by atoms with E-state index in [1.807, 2.05) is 6.07 Å². The first-order valence-corrected chi connectivity index (χ1v) is 8.13. The molecule has 1 aliphatic rings. The molecule has 22 heavy (non-hydrogen) atoms. The van der Waals surface area contributed by atoms with E-state index in [0.29, 0.717) is 17.3 Å². The molecule has 1 aromatic rings. The molecule has 4 nitrogen and oxygen atoms in total. The minimum Gasteiger partial charge on any atom is -0.497 e. The van der Waals surface area contributed by atoms with Gasteiger partial charge in [0.2, 0.25) is 5.91 Å². The number of amides is 1. The summed E-state index contributed by atoms with van der Waals surface area (Å²) in [5, 5.41) is 10.6. The summed E-state index contributed by atoms with van der Waals surface area (Å²) in [5.41, 5.74) is 0.795. The molecular formula is C17H24ClNO3. The third-order valence-corrected chi connectivity index (χ3v) is 4.76. The lowest BCUT2D eigenvalue weighted by atomic mass is 9.86. The van der Waals surface area contributed by atoms with Gasteiger partial charge in [0.15, 0.2) is 0 Å². The molecule has 0 saturated heterocycles. The van der Waals surface area contributed by atoms with Gasteiger partial charge >= 0.3 is 0 Å². The predicted octanol–water partition coefficient (Wildman–Crippen LogP) is 2.90. The molecule has 1 fully saturated rings. The maximum Gasteiger partial charge on any atom is 0.226 e. The highest BCUT2D eigenvalue weighted by Crippen LogP contribution is 2.26. The minimum atomic E-state index is -0.284. The maximum atomic E-state index is 12.4. The Kier molecular flexibility index (Phi) is 6.09. The largest absolute Gasteiger partial charge is 0.497 e. The number of benzene rings is 1. The highest BCUT2D eigenvalue weighted by atomic mass is 35.5. The van der Waals surface area contributed by atoms with E-state index in [4.69, 9.17) is 16.3 Å². The van der Waals surface area contributed by atoms with Gasteiger partial charge in [-0.15, -0.1) is 0 Å². The summed E-state index contributed by atoms with van der Waals surface area (Å²) >= 11 is 6.18. The van der Waals surface area contributed by atoms with E-state index in [1.165, 1.54) is 0 Å². The maximum absolute atomic E-state index is 12.4. The molecule has 1 N–H and O–H groups in total. The van der Waals surface area contributed by atoms with Crippen molar-refractivity contribution in [3.05, 3.63) is 28.8 Å². The van der Waals surface area contributed by atoms with Crippen LogP contribution in [0.3, 0.4) is 0 Å². The third kappa shape index (κ3) is 4.37. The lowest BCUT2D eigenvalue weighted by molar-refractivity contribution is -0.130. The Morgan fingerprint density at radius 3 is 2.77 bits per heavy atom. The summed E-state index contributed by atoms with van der Waals surface area (Å²) in [7, 11) is 3.38. The van der Waals surface area contributed by atoms with Gasteiger partial charge in [-0.25, -0.2) is 0 Å². The topological polar surface area (TPSA) is 49.8 Å². The molecule has 2 atom stereocenters. The number of ether oxygens (including phenoxy) is 1. The van der Waals surface area contributed by atoms with Crippen LogP contribution in [0.15, 0.2) is 18.2 Å². The highest BCUT2D eigenvalue weighted by molar-refractivity contribution is 6.31. The molecule has 0 aromatic heterocycles. The van der Waals surface area contributed by atoms with Crippen molar-refractivity contribution in [3.63, 3.8) is 0 Å². The van der Waals surface area contributed by atoms with Gasteiger partial charge in [0, 0.05) is 24.5 Å². The number of nitrogens with zero attached hydrogens (tertiary/aromatic N) is 1. The van der Waals surface area contributed by atoms with Crippen LogP contribution in [-0.2, 0) is 11.2 Å². The first kappa shape index (κ1) is 17.1. The molecule has 1 aromatic carbocycles. The highest BCUT2D eigenvalue weighted by Gasteiger charge is 2.25. The number of aliphatic hydroxyl groups is 1. The fourth-order valence-corrected chi connectivity index (χ4v) is 3.19. The number of hydrogen-bond donors (Lipinski definition) is 1. The number of rotatable bonds is 5. The van der Waals surface area contributed by atoms with Crippen molar-refractivity contribution in [2.24, 2.45) is 5.92 Å². The zero-order valence-corrected chi connectivity index (χ0v) is 14.0. The summed E-state index contributed by atoms with van der Waals surface area (Å²) in [6.07, 6.45) is 4.03. The van der Waals surface area contributed by atoms with Crippen LogP contribution in [-0.4, -0.2) is 42.7 Å². The number of aliphatic hydroxyl groups excluding tert-OH is 1. The third-order valence-electron chi connectivity index (χ3n) is 4.40. The van der Waals surface area contributed by atoms with Crippen LogP contribution >= 0.6 is 11.6 Å². The fraction of sp³-hybridized carbons (Fsp3) is 0.588. The number of likely N-dealkylation sites (N-methyl/N-ethyl adjacent to an activating group) is 1. The Balaban J connectivity index is 1.93. The Hall–Kier alpha value is -1.26. The Morgan fingerprint density at radius 2 is 2.14 bits per heavy atom. The van der Waals surface area contributed by atoms with Crippen LogP contribution in [0.4, 0.5) is 0 Å². The first-order valence-electron chi connectivity index (χ1n) is 7.75. The van der Waals surface area contributed by atoms with Gasteiger partial charge < -0.3 is 14.7 Å². The van der Waals surface area contributed by atoms with Crippen molar-refractivity contribution < 1.29 is 14.6 Å². The van der Waals surface area contributed by atoms with E-state index in [-0.39, 0.29) is 24.3 Å². The van der Waals surface area contributed by atoms with Crippen LogP contribution in [0.1, 0.15) is 31.2 Å². The predicted molar refractivity (Wildman–Crippen MR) is 87.3 cm³/mol. The summed E-state index contributed by atoms with van der Waals surface area (Å²) < 4.78 is 5.11. The average molecular weight is 326 g/mol. The van der Waals surface area contributed by atoms with Crippen LogP contribution in [0.5, 0.6) is 5.75 Å². The van der Waals surface area contributed by atoms with E-state index < -0.39 is 0 Å². The van der Waals surface area contributed by atoms with Crippen molar-refractivity contribution in [2.45, 2.75) is 38.2 Å². The molecule has 1 aliphatic carbocycles. The number of halogens is 1. The van der Waals surface area contributed by atoms with Crippen molar-refractivity contribution in [3.8, 4) is 5.75 Å². The van der Waals surface area contributed by atoms with Crippen molar-refractivity contribution in [1.82, 2.24) is 4.90 Å². The normalized spacial score (nSPS) is 21.5. The standard InChI is InChI=1S/C17H24ClNO3/c1-19(11-13-5-3-4-6-16(13)20)17(21)9-12-7-8-14(22-2)10-15(12)18/h7-8,10,13,16,20H,3-6,9,11H2,1-2H3. The van der Waals surface area contributed by atoms with E-state index in [1.54, 1.807) is 31.2 Å². The monoisotopic (exact) mass is 325 g/mol. The van der Waals surface area contributed by atoms with E-state index in [9.17, 15) is 9.90 Å². The van der Waals surface area contributed by atoms with Gasteiger partial charge in [-0.2, -0.15) is 0 Å². The fourth-order valence-electron chi connectivity index (χ4n) is 2.95. The van der Waals surface area contributed by atoms with E-state index >= 15 is 0 Å². The van der Waals surface area contributed by atoms with Crippen molar-refractivity contribution in [1.29, 1.82) is 0 Å². The molecule has 0 radical (unpaired) electrons. The van der Waals surface area contributed by atoms with Gasteiger partial charge in [-0.3, -0.25) is 4.79 Å². The molecule has 0 bridgehead atoms. The average Bonchev–Trinajstić information content (AvgIpc) is 2.51. The summed E-state index contributed by atoms with van der Waals surface area (Å²) in [5.74, 6) is 0.888.